The average Bonchev–Trinajstić information content (AvgIpc) is 3.14. The standard InChI is InChI=1S/C46H89NO5/c1-3-5-7-9-11-13-15-17-18-22-26-30-34-38-44(49)43(42-48)47-45(50)39-35-31-27-23-20-21-25-29-33-37-41-52-46(51)40-36-32-28-24-19-16-14-12-10-8-6-4-2/h21,25,43-44,48-49H,3-20,22-24,26-42H2,1-2H3,(H,47,50)/b25-21-. The van der Waals surface area contributed by atoms with Gasteiger partial charge in [-0.2, -0.15) is 0 Å². The first kappa shape index (κ1) is 50.6. The maximum atomic E-state index is 12.4. The van der Waals surface area contributed by atoms with Crippen LogP contribution >= 0.6 is 0 Å². The van der Waals surface area contributed by atoms with Crippen LogP contribution in [0.25, 0.3) is 0 Å². The summed E-state index contributed by atoms with van der Waals surface area (Å²) in [7, 11) is 0. The number of rotatable bonds is 42. The predicted molar refractivity (Wildman–Crippen MR) is 223 cm³/mol. The van der Waals surface area contributed by atoms with Gasteiger partial charge in [-0.1, -0.05) is 193 Å². The van der Waals surface area contributed by atoms with E-state index in [4.69, 9.17) is 4.74 Å². The van der Waals surface area contributed by atoms with Crippen LogP contribution in [0.1, 0.15) is 245 Å². The number of allylic oxidation sites excluding steroid dienone is 2. The van der Waals surface area contributed by atoms with Gasteiger partial charge in [0.15, 0.2) is 0 Å². The molecule has 2 atom stereocenters. The first-order chi connectivity index (χ1) is 25.5. The van der Waals surface area contributed by atoms with Gasteiger partial charge in [0.1, 0.15) is 0 Å². The minimum Gasteiger partial charge on any atom is -0.466 e. The topological polar surface area (TPSA) is 95.9 Å². The highest BCUT2D eigenvalue weighted by Gasteiger charge is 2.20. The summed E-state index contributed by atoms with van der Waals surface area (Å²) in [5.74, 6) is -0.107. The van der Waals surface area contributed by atoms with E-state index in [0.717, 1.165) is 77.0 Å². The molecule has 0 radical (unpaired) electrons. The van der Waals surface area contributed by atoms with E-state index in [1.165, 1.54) is 135 Å². The third-order valence-electron chi connectivity index (χ3n) is 10.6. The molecule has 2 unspecified atom stereocenters. The normalized spacial score (nSPS) is 12.8. The van der Waals surface area contributed by atoms with Gasteiger partial charge in [-0.3, -0.25) is 9.59 Å². The number of carbonyl (C=O) groups is 2. The van der Waals surface area contributed by atoms with E-state index in [2.05, 4.69) is 31.3 Å². The lowest BCUT2D eigenvalue weighted by Gasteiger charge is -2.22. The lowest BCUT2D eigenvalue weighted by Crippen LogP contribution is -2.45. The molecule has 0 bridgehead atoms. The van der Waals surface area contributed by atoms with Gasteiger partial charge in [-0.05, 0) is 51.4 Å². The second-order valence-corrected chi connectivity index (χ2v) is 15.7. The maximum Gasteiger partial charge on any atom is 0.305 e. The maximum absolute atomic E-state index is 12.4. The fraction of sp³-hybridized carbons (Fsp3) is 0.913. The van der Waals surface area contributed by atoms with Gasteiger partial charge in [0.25, 0.3) is 0 Å². The number of hydrogen-bond acceptors (Lipinski definition) is 5. The molecule has 0 aromatic carbocycles. The number of hydrogen-bond donors (Lipinski definition) is 3. The number of nitrogens with one attached hydrogen (secondary N) is 1. The molecule has 308 valence electrons. The van der Waals surface area contributed by atoms with Crippen LogP contribution in [0.4, 0.5) is 0 Å². The van der Waals surface area contributed by atoms with Gasteiger partial charge in [0.05, 0.1) is 25.4 Å². The van der Waals surface area contributed by atoms with Crippen molar-refractivity contribution in [1.29, 1.82) is 0 Å². The zero-order valence-electron chi connectivity index (χ0n) is 34.8. The Bertz CT molecular complexity index is 772. The van der Waals surface area contributed by atoms with Crippen molar-refractivity contribution < 1.29 is 24.5 Å². The number of ether oxygens (including phenoxy) is 1. The molecule has 0 aliphatic heterocycles. The molecule has 0 saturated carbocycles. The monoisotopic (exact) mass is 736 g/mol. The summed E-state index contributed by atoms with van der Waals surface area (Å²) in [5, 5.41) is 23.1. The number of amides is 1. The predicted octanol–water partition coefficient (Wildman–Crippen LogP) is 13.0. The minimum absolute atomic E-state index is 0.0360. The Kier molecular flexibility index (Phi) is 41.2. The van der Waals surface area contributed by atoms with Crippen LogP contribution in [0.2, 0.25) is 0 Å². The fourth-order valence-corrected chi connectivity index (χ4v) is 6.98. The van der Waals surface area contributed by atoms with Crippen LogP contribution in [-0.2, 0) is 14.3 Å². The Morgan fingerprint density at radius 1 is 0.519 bits per heavy atom. The molecule has 0 fully saturated rings. The number of aliphatic hydroxyl groups excluding tert-OH is 2. The first-order valence-electron chi connectivity index (χ1n) is 22.9. The van der Waals surface area contributed by atoms with Crippen LogP contribution in [0.3, 0.4) is 0 Å². The van der Waals surface area contributed by atoms with E-state index in [0.29, 0.717) is 25.9 Å². The van der Waals surface area contributed by atoms with Gasteiger partial charge in [-0.25, -0.2) is 0 Å². The molecule has 6 nitrogen and oxygen atoms in total. The van der Waals surface area contributed by atoms with Crippen molar-refractivity contribution in [3.63, 3.8) is 0 Å². The van der Waals surface area contributed by atoms with E-state index in [1.54, 1.807) is 0 Å². The summed E-state index contributed by atoms with van der Waals surface area (Å²) >= 11 is 0. The second-order valence-electron chi connectivity index (χ2n) is 15.7. The first-order valence-corrected chi connectivity index (χ1v) is 22.9. The SMILES string of the molecule is CCCCCCCCCCCCCCCC(O)C(CO)NC(=O)CCCCCC/C=C\CCCCOC(=O)CCCCCCCCCCCCCC. The number of unbranched alkanes of at least 4 members (excludes halogenated alkanes) is 29. The van der Waals surface area contributed by atoms with Crippen LogP contribution in [0.15, 0.2) is 12.2 Å². The summed E-state index contributed by atoms with van der Waals surface area (Å²) in [5.41, 5.74) is 0. The molecule has 6 heteroatoms. The van der Waals surface area contributed by atoms with Crippen molar-refractivity contribution in [1.82, 2.24) is 5.32 Å². The number of esters is 1. The Morgan fingerprint density at radius 2 is 0.904 bits per heavy atom. The van der Waals surface area contributed by atoms with Crippen molar-refractivity contribution >= 4 is 11.9 Å². The van der Waals surface area contributed by atoms with Crippen molar-refractivity contribution in [2.45, 2.75) is 257 Å². The van der Waals surface area contributed by atoms with Crippen molar-refractivity contribution in [2.75, 3.05) is 13.2 Å². The van der Waals surface area contributed by atoms with Crippen LogP contribution in [0.5, 0.6) is 0 Å². The van der Waals surface area contributed by atoms with Crippen LogP contribution < -0.4 is 5.32 Å². The highest BCUT2D eigenvalue weighted by Crippen LogP contribution is 2.16. The quantitative estimate of drug-likeness (QED) is 0.0329. The molecule has 0 rings (SSSR count). The summed E-state index contributed by atoms with van der Waals surface area (Å²) < 4.78 is 5.41. The molecule has 0 aromatic heterocycles. The van der Waals surface area contributed by atoms with Crippen LogP contribution in [0, 0.1) is 0 Å². The van der Waals surface area contributed by atoms with Crippen LogP contribution in [-0.4, -0.2) is 47.4 Å². The third kappa shape index (κ3) is 38.3. The molecule has 0 spiro atoms. The smallest absolute Gasteiger partial charge is 0.305 e. The minimum atomic E-state index is -0.683. The molecule has 0 aromatic rings. The van der Waals surface area contributed by atoms with Gasteiger partial charge in [0, 0.05) is 12.8 Å². The molecule has 0 aliphatic rings. The highest BCUT2D eigenvalue weighted by atomic mass is 16.5. The van der Waals surface area contributed by atoms with Gasteiger partial charge >= 0.3 is 5.97 Å². The summed E-state index contributed by atoms with van der Waals surface area (Å²) in [4.78, 5) is 24.4. The zero-order chi connectivity index (χ0) is 38.0. The van der Waals surface area contributed by atoms with Gasteiger partial charge in [-0.15, -0.1) is 0 Å². The van der Waals surface area contributed by atoms with E-state index in [1.807, 2.05) is 0 Å². The van der Waals surface area contributed by atoms with Crippen molar-refractivity contribution in [2.24, 2.45) is 0 Å². The molecule has 3 N–H and O–H groups in total. The highest BCUT2D eigenvalue weighted by molar-refractivity contribution is 5.76. The average molecular weight is 736 g/mol. The van der Waals surface area contributed by atoms with Crippen molar-refractivity contribution in [3.05, 3.63) is 12.2 Å². The Balaban J connectivity index is 3.54. The molecular formula is C46H89NO5. The molecule has 0 heterocycles. The van der Waals surface area contributed by atoms with E-state index in [-0.39, 0.29) is 18.5 Å². The summed E-state index contributed by atoms with van der Waals surface area (Å²) in [6.07, 6.45) is 46.0. The molecule has 1 amide bonds. The molecule has 0 saturated heterocycles. The Morgan fingerprint density at radius 3 is 1.37 bits per heavy atom. The second kappa shape index (κ2) is 42.3. The molecular weight excluding hydrogens is 647 g/mol. The van der Waals surface area contributed by atoms with Crippen molar-refractivity contribution in [3.8, 4) is 0 Å². The Hall–Kier alpha value is -1.40. The summed E-state index contributed by atoms with van der Waals surface area (Å²) in [6, 6.07) is -0.564. The third-order valence-corrected chi connectivity index (χ3v) is 10.6. The number of aliphatic hydroxyl groups is 2. The van der Waals surface area contributed by atoms with Gasteiger partial charge in [0.2, 0.25) is 5.91 Å². The van der Waals surface area contributed by atoms with E-state index < -0.39 is 12.1 Å². The molecule has 0 aliphatic carbocycles. The molecule has 52 heavy (non-hydrogen) atoms. The Labute approximate surface area is 323 Å². The van der Waals surface area contributed by atoms with E-state index in [9.17, 15) is 19.8 Å². The fourth-order valence-electron chi connectivity index (χ4n) is 6.98. The lowest BCUT2D eigenvalue weighted by atomic mass is 10.0. The zero-order valence-corrected chi connectivity index (χ0v) is 34.8. The van der Waals surface area contributed by atoms with E-state index >= 15 is 0 Å². The lowest BCUT2D eigenvalue weighted by molar-refractivity contribution is -0.143. The summed E-state index contributed by atoms with van der Waals surface area (Å²) in [6.45, 7) is 4.85. The number of carbonyl (C=O) groups excluding carboxylic acids is 2. The largest absolute Gasteiger partial charge is 0.466 e. The van der Waals surface area contributed by atoms with Gasteiger partial charge < -0.3 is 20.3 Å².